The molecule has 2 amide bonds. The third-order valence-corrected chi connectivity index (χ3v) is 5.85. The zero-order valence-corrected chi connectivity index (χ0v) is 17.1. The summed E-state index contributed by atoms with van der Waals surface area (Å²) < 4.78 is 5.89. The molecule has 1 aliphatic heterocycles. The van der Waals surface area contributed by atoms with E-state index < -0.39 is 0 Å². The van der Waals surface area contributed by atoms with E-state index in [-0.39, 0.29) is 17.5 Å². The second kappa shape index (κ2) is 7.59. The molecule has 4 rings (SSSR count). The van der Waals surface area contributed by atoms with E-state index in [0.717, 1.165) is 62.6 Å². The number of carbonyl (C=O) groups is 1. The van der Waals surface area contributed by atoms with Gasteiger partial charge in [0, 0.05) is 57.1 Å². The topological polar surface area (TPSA) is 61.6 Å². The fourth-order valence-electron chi connectivity index (χ4n) is 4.41. The molecule has 0 spiro atoms. The summed E-state index contributed by atoms with van der Waals surface area (Å²) in [5, 5.41) is 3.28. The molecule has 0 radical (unpaired) electrons. The first-order valence-electron chi connectivity index (χ1n) is 10.2. The highest BCUT2D eigenvalue weighted by Gasteiger charge is 2.36. The second-order valence-corrected chi connectivity index (χ2v) is 8.90. The van der Waals surface area contributed by atoms with Gasteiger partial charge in [0.25, 0.3) is 0 Å². The first-order chi connectivity index (χ1) is 13.4. The summed E-state index contributed by atoms with van der Waals surface area (Å²) in [6.45, 7) is 10.7. The number of aryl methyl sites for hydroxylation is 1. The van der Waals surface area contributed by atoms with Crippen molar-refractivity contribution < 1.29 is 9.21 Å². The maximum Gasteiger partial charge on any atom is 0.317 e. The number of amides is 2. The molecule has 1 saturated heterocycles. The number of rotatable bonds is 3. The van der Waals surface area contributed by atoms with Gasteiger partial charge in [0.2, 0.25) is 0 Å². The van der Waals surface area contributed by atoms with Gasteiger partial charge in [-0.2, -0.15) is 0 Å². The van der Waals surface area contributed by atoms with Crippen LogP contribution >= 0.6 is 0 Å². The first-order valence-corrected chi connectivity index (χ1v) is 10.2. The van der Waals surface area contributed by atoms with Crippen molar-refractivity contribution in [2.45, 2.75) is 46.2 Å². The molecule has 0 bridgehead atoms. The third kappa shape index (κ3) is 4.22. The van der Waals surface area contributed by atoms with E-state index in [9.17, 15) is 4.79 Å². The highest BCUT2D eigenvalue weighted by molar-refractivity contribution is 5.75. The van der Waals surface area contributed by atoms with Gasteiger partial charge < -0.3 is 14.6 Å². The SMILES string of the molecule is Cc1cc2c(o1)CC(C)(C)CC2NC(=O)N1CCN(Cc2ccncc2)CC1. The predicted molar refractivity (Wildman–Crippen MR) is 108 cm³/mol. The Labute approximate surface area is 166 Å². The van der Waals surface area contributed by atoms with Crippen molar-refractivity contribution in [3.8, 4) is 0 Å². The zero-order valence-electron chi connectivity index (χ0n) is 17.1. The van der Waals surface area contributed by atoms with Gasteiger partial charge in [0.1, 0.15) is 11.5 Å². The van der Waals surface area contributed by atoms with Crippen LogP contribution in [-0.4, -0.2) is 47.0 Å². The average Bonchev–Trinajstić information content (AvgIpc) is 3.02. The Morgan fingerprint density at radius 1 is 1.25 bits per heavy atom. The number of nitrogens with one attached hydrogen (secondary N) is 1. The summed E-state index contributed by atoms with van der Waals surface area (Å²) in [4.78, 5) is 21.3. The van der Waals surface area contributed by atoms with Crippen molar-refractivity contribution in [3.63, 3.8) is 0 Å². The van der Waals surface area contributed by atoms with Crippen LogP contribution < -0.4 is 5.32 Å². The molecule has 6 nitrogen and oxygen atoms in total. The lowest BCUT2D eigenvalue weighted by molar-refractivity contribution is 0.130. The van der Waals surface area contributed by atoms with E-state index in [4.69, 9.17) is 4.42 Å². The number of nitrogens with zero attached hydrogens (tertiary/aromatic N) is 3. The van der Waals surface area contributed by atoms with Crippen molar-refractivity contribution in [2.24, 2.45) is 5.41 Å². The van der Waals surface area contributed by atoms with Gasteiger partial charge in [0.05, 0.1) is 6.04 Å². The van der Waals surface area contributed by atoms with E-state index in [2.05, 4.69) is 35.1 Å². The predicted octanol–water partition coefficient (Wildman–Crippen LogP) is 3.52. The lowest BCUT2D eigenvalue weighted by Crippen LogP contribution is -2.52. The van der Waals surface area contributed by atoms with Gasteiger partial charge in [-0.25, -0.2) is 4.79 Å². The van der Waals surface area contributed by atoms with Crippen molar-refractivity contribution in [1.29, 1.82) is 0 Å². The quantitative estimate of drug-likeness (QED) is 0.882. The summed E-state index contributed by atoms with van der Waals surface area (Å²) in [7, 11) is 0. The summed E-state index contributed by atoms with van der Waals surface area (Å²) in [5.74, 6) is 1.95. The molecule has 3 heterocycles. The fourth-order valence-corrected chi connectivity index (χ4v) is 4.41. The van der Waals surface area contributed by atoms with Crippen LogP contribution in [0.3, 0.4) is 0 Å². The number of carbonyl (C=O) groups excluding carboxylic acids is 1. The molecule has 28 heavy (non-hydrogen) atoms. The number of fused-ring (bicyclic) bond motifs is 1. The molecule has 0 aromatic carbocycles. The van der Waals surface area contributed by atoms with E-state index in [1.54, 1.807) is 0 Å². The number of pyridine rings is 1. The smallest absolute Gasteiger partial charge is 0.317 e. The molecular weight excluding hydrogens is 352 g/mol. The summed E-state index contributed by atoms with van der Waals surface area (Å²) in [6, 6.07) is 6.25. The minimum absolute atomic E-state index is 0.0264. The average molecular weight is 383 g/mol. The minimum atomic E-state index is 0.0264. The van der Waals surface area contributed by atoms with Gasteiger partial charge in [0.15, 0.2) is 0 Å². The lowest BCUT2D eigenvalue weighted by Gasteiger charge is -2.38. The fraction of sp³-hybridized carbons (Fsp3) is 0.545. The number of hydrogen-bond acceptors (Lipinski definition) is 4. The van der Waals surface area contributed by atoms with Crippen LogP contribution in [-0.2, 0) is 13.0 Å². The Hall–Kier alpha value is -2.34. The van der Waals surface area contributed by atoms with Gasteiger partial charge in [-0.15, -0.1) is 0 Å². The van der Waals surface area contributed by atoms with E-state index in [1.807, 2.05) is 36.4 Å². The largest absolute Gasteiger partial charge is 0.466 e. The van der Waals surface area contributed by atoms with Gasteiger partial charge in [-0.1, -0.05) is 13.8 Å². The number of hydrogen-bond donors (Lipinski definition) is 1. The van der Waals surface area contributed by atoms with Crippen molar-refractivity contribution in [3.05, 3.63) is 53.2 Å². The Bertz CT molecular complexity index is 822. The molecule has 1 fully saturated rings. The number of urea groups is 1. The molecule has 1 unspecified atom stereocenters. The van der Waals surface area contributed by atoms with Crippen molar-refractivity contribution >= 4 is 6.03 Å². The van der Waals surface area contributed by atoms with Crippen LogP contribution in [0, 0.1) is 12.3 Å². The molecule has 1 N–H and O–H groups in total. The standard InChI is InChI=1S/C22H30N4O2/c1-16-12-18-19(13-22(2,3)14-20(18)28-16)24-21(27)26-10-8-25(9-11-26)15-17-4-6-23-7-5-17/h4-7,12,19H,8-11,13-15H2,1-3H3,(H,24,27). The maximum atomic E-state index is 12.9. The highest BCUT2D eigenvalue weighted by atomic mass is 16.3. The summed E-state index contributed by atoms with van der Waals surface area (Å²) >= 11 is 0. The summed E-state index contributed by atoms with van der Waals surface area (Å²) in [6.07, 6.45) is 5.52. The molecule has 150 valence electrons. The lowest BCUT2D eigenvalue weighted by atomic mass is 9.75. The van der Waals surface area contributed by atoms with Crippen molar-refractivity contribution in [1.82, 2.24) is 20.1 Å². The van der Waals surface area contributed by atoms with Crippen LogP contribution in [0.5, 0.6) is 0 Å². The molecule has 1 aliphatic carbocycles. The molecule has 2 aromatic rings. The van der Waals surface area contributed by atoms with Gasteiger partial charge >= 0.3 is 6.03 Å². The normalized spacial score (nSPS) is 22.0. The third-order valence-electron chi connectivity index (χ3n) is 5.85. The van der Waals surface area contributed by atoms with Crippen LogP contribution in [0.4, 0.5) is 4.79 Å². The highest BCUT2D eigenvalue weighted by Crippen LogP contribution is 2.42. The number of aromatic nitrogens is 1. The van der Waals surface area contributed by atoms with Gasteiger partial charge in [-0.05, 0) is 42.5 Å². The van der Waals surface area contributed by atoms with E-state index >= 15 is 0 Å². The molecular formula is C22H30N4O2. The number of piperazine rings is 1. The molecule has 1 atom stereocenters. The van der Waals surface area contributed by atoms with Crippen LogP contribution in [0.1, 0.15) is 49.0 Å². The van der Waals surface area contributed by atoms with Crippen LogP contribution in [0.15, 0.2) is 35.0 Å². The van der Waals surface area contributed by atoms with E-state index in [1.165, 1.54) is 5.56 Å². The molecule has 6 heteroatoms. The Kier molecular flexibility index (Phi) is 5.15. The minimum Gasteiger partial charge on any atom is -0.466 e. The Morgan fingerprint density at radius 3 is 2.68 bits per heavy atom. The Balaban J connectivity index is 1.35. The maximum absolute atomic E-state index is 12.9. The first kappa shape index (κ1) is 19.0. The zero-order chi connectivity index (χ0) is 19.7. The molecule has 2 aliphatic rings. The van der Waals surface area contributed by atoms with E-state index in [0.29, 0.717) is 0 Å². The molecule has 2 aromatic heterocycles. The second-order valence-electron chi connectivity index (χ2n) is 8.90. The monoisotopic (exact) mass is 382 g/mol. The van der Waals surface area contributed by atoms with Gasteiger partial charge in [-0.3, -0.25) is 9.88 Å². The van der Waals surface area contributed by atoms with Crippen LogP contribution in [0.2, 0.25) is 0 Å². The Morgan fingerprint density at radius 2 is 1.96 bits per heavy atom. The summed E-state index contributed by atoms with van der Waals surface area (Å²) in [5.41, 5.74) is 2.54. The number of furan rings is 1. The van der Waals surface area contributed by atoms with Crippen LogP contribution in [0.25, 0.3) is 0 Å². The van der Waals surface area contributed by atoms with Crippen molar-refractivity contribution in [2.75, 3.05) is 26.2 Å². The molecule has 0 saturated carbocycles.